The van der Waals surface area contributed by atoms with Crippen LogP contribution in [0.5, 0.6) is 0 Å². The van der Waals surface area contributed by atoms with Gasteiger partial charge in [-0.3, -0.25) is 0 Å². The predicted octanol–water partition coefficient (Wildman–Crippen LogP) is 6.67. The van der Waals surface area contributed by atoms with E-state index in [-0.39, 0.29) is 0 Å². The molecule has 3 aromatic carbocycles. The van der Waals surface area contributed by atoms with Gasteiger partial charge in [-0.2, -0.15) is 0 Å². The quantitative estimate of drug-likeness (QED) is 0.474. The van der Waals surface area contributed by atoms with Gasteiger partial charge in [0.1, 0.15) is 0 Å². The number of hydrogen-bond acceptors (Lipinski definition) is 2. The number of rotatable bonds is 2. The van der Waals surface area contributed by atoms with E-state index >= 15 is 0 Å². The molecule has 1 unspecified atom stereocenters. The molecule has 0 saturated carbocycles. The molecule has 0 bridgehead atoms. The minimum absolute atomic E-state index is 0.398. The Kier molecular flexibility index (Phi) is 5.24. The van der Waals surface area contributed by atoms with Crippen LogP contribution >= 0.6 is 15.9 Å². The molecule has 4 rings (SSSR count). The molecule has 0 fully saturated rings. The first-order valence-corrected chi connectivity index (χ1v) is 9.45. The van der Waals surface area contributed by atoms with Crippen molar-refractivity contribution in [2.24, 2.45) is 5.16 Å². The molecular weight excluding hydrogens is 374 g/mol. The van der Waals surface area contributed by atoms with E-state index in [4.69, 9.17) is 4.84 Å². The number of oxime groups is 1. The average Bonchev–Trinajstić information content (AvgIpc) is 3.08. The van der Waals surface area contributed by atoms with Crippen molar-refractivity contribution in [1.29, 1.82) is 0 Å². The number of nitrogens with zero attached hydrogens (tertiary/aromatic N) is 1. The molecule has 1 heterocycles. The Morgan fingerprint density at radius 3 is 2.24 bits per heavy atom. The van der Waals surface area contributed by atoms with Crippen LogP contribution in [0, 0.1) is 0 Å². The molecule has 1 aliphatic heterocycles. The minimum Gasteiger partial charge on any atom is -0.384 e. The summed E-state index contributed by atoms with van der Waals surface area (Å²) in [5, 5.41) is 6.81. The van der Waals surface area contributed by atoms with Gasteiger partial charge >= 0.3 is 0 Å². The summed E-state index contributed by atoms with van der Waals surface area (Å²) >= 11 is 3.63. The van der Waals surface area contributed by atoms with Gasteiger partial charge in [0.2, 0.25) is 0 Å². The van der Waals surface area contributed by atoms with Gasteiger partial charge in [-0.15, -0.1) is 0 Å². The standard InChI is InChI=1S/C20H16BrNO.C2H6/c1-20(14-7-3-2-4-8-14)13-19(22-23-20)17-11-12-18(21)16-10-6-5-9-15(16)17;1-2/h2-12H,13H2,1H3;1-2H3. The van der Waals surface area contributed by atoms with E-state index in [0.29, 0.717) is 0 Å². The molecule has 0 amide bonds. The molecule has 1 atom stereocenters. The highest BCUT2D eigenvalue weighted by molar-refractivity contribution is 9.10. The lowest BCUT2D eigenvalue weighted by molar-refractivity contribution is -0.00738. The summed E-state index contributed by atoms with van der Waals surface area (Å²) in [4.78, 5) is 5.85. The zero-order valence-corrected chi connectivity index (χ0v) is 16.4. The lowest BCUT2D eigenvalue weighted by Crippen LogP contribution is -2.21. The predicted molar refractivity (Wildman–Crippen MR) is 109 cm³/mol. The van der Waals surface area contributed by atoms with Crippen LogP contribution in [0.25, 0.3) is 10.8 Å². The Bertz CT molecular complexity index is 904. The lowest BCUT2D eigenvalue weighted by atomic mass is 9.88. The van der Waals surface area contributed by atoms with Gasteiger partial charge in [0, 0.05) is 16.5 Å². The van der Waals surface area contributed by atoms with Crippen molar-refractivity contribution < 1.29 is 4.84 Å². The van der Waals surface area contributed by atoms with Crippen molar-refractivity contribution in [2.45, 2.75) is 32.8 Å². The summed E-state index contributed by atoms with van der Waals surface area (Å²) in [7, 11) is 0. The van der Waals surface area contributed by atoms with E-state index in [1.165, 1.54) is 10.8 Å². The summed E-state index contributed by atoms with van der Waals surface area (Å²) in [6, 6.07) is 22.9. The number of fused-ring (bicyclic) bond motifs is 1. The molecule has 3 heteroatoms. The average molecular weight is 396 g/mol. The number of halogens is 1. The summed E-state index contributed by atoms with van der Waals surface area (Å²) in [5.41, 5.74) is 2.90. The summed E-state index contributed by atoms with van der Waals surface area (Å²) in [5.74, 6) is 0. The van der Waals surface area contributed by atoms with Gasteiger partial charge < -0.3 is 4.84 Å². The van der Waals surface area contributed by atoms with Crippen molar-refractivity contribution in [3.8, 4) is 0 Å². The van der Waals surface area contributed by atoms with Crippen LogP contribution in [-0.4, -0.2) is 5.71 Å². The molecule has 1 aliphatic rings. The Labute approximate surface area is 157 Å². The van der Waals surface area contributed by atoms with Crippen LogP contribution in [-0.2, 0) is 10.4 Å². The molecule has 0 spiro atoms. The monoisotopic (exact) mass is 395 g/mol. The molecule has 2 nitrogen and oxygen atoms in total. The van der Waals surface area contributed by atoms with Crippen LogP contribution in [0.2, 0.25) is 0 Å². The van der Waals surface area contributed by atoms with Gasteiger partial charge in [-0.25, -0.2) is 0 Å². The molecule has 0 aromatic heterocycles. The normalized spacial score (nSPS) is 19.0. The van der Waals surface area contributed by atoms with E-state index in [9.17, 15) is 0 Å². The smallest absolute Gasteiger partial charge is 0.165 e. The fourth-order valence-corrected chi connectivity index (χ4v) is 3.62. The Morgan fingerprint density at radius 2 is 1.52 bits per heavy atom. The van der Waals surface area contributed by atoms with Crippen molar-refractivity contribution in [3.05, 3.63) is 82.3 Å². The Balaban J connectivity index is 0.000000880. The molecule has 25 heavy (non-hydrogen) atoms. The highest BCUT2D eigenvalue weighted by atomic mass is 79.9. The summed E-state index contributed by atoms with van der Waals surface area (Å²) < 4.78 is 1.10. The first-order valence-electron chi connectivity index (χ1n) is 8.66. The van der Waals surface area contributed by atoms with E-state index in [1.54, 1.807) is 0 Å². The van der Waals surface area contributed by atoms with Crippen molar-refractivity contribution in [2.75, 3.05) is 0 Å². The minimum atomic E-state index is -0.398. The third-order valence-corrected chi connectivity index (χ3v) is 5.12. The first kappa shape index (κ1) is 17.7. The molecule has 3 aromatic rings. The van der Waals surface area contributed by atoms with E-state index in [1.807, 2.05) is 32.0 Å². The van der Waals surface area contributed by atoms with Gasteiger partial charge in [0.15, 0.2) is 5.60 Å². The third kappa shape index (κ3) is 3.34. The molecule has 0 saturated heterocycles. The summed E-state index contributed by atoms with van der Waals surface area (Å²) in [6.45, 7) is 6.10. The fraction of sp³-hybridized carbons (Fsp3) is 0.227. The lowest BCUT2D eigenvalue weighted by Gasteiger charge is -2.21. The molecule has 0 radical (unpaired) electrons. The summed E-state index contributed by atoms with van der Waals surface area (Å²) in [6.07, 6.45) is 0.767. The topological polar surface area (TPSA) is 21.6 Å². The molecule has 128 valence electrons. The van der Waals surface area contributed by atoms with Crippen LogP contribution in [0.4, 0.5) is 0 Å². The second kappa shape index (κ2) is 7.40. The maximum Gasteiger partial charge on any atom is 0.165 e. The van der Waals surface area contributed by atoms with Crippen molar-refractivity contribution in [1.82, 2.24) is 0 Å². The number of hydrogen-bond donors (Lipinski definition) is 0. The van der Waals surface area contributed by atoms with Crippen LogP contribution in [0.1, 0.15) is 38.3 Å². The SMILES string of the molecule is CC.CC1(c2ccccc2)CC(c2ccc(Br)c3ccccc23)=NO1. The highest BCUT2D eigenvalue weighted by Crippen LogP contribution is 2.38. The Morgan fingerprint density at radius 1 is 0.880 bits per heavy atom. The van der Waals surface area contributed by atoms with Crippen molar-refractivity contribution in [3.63, 3.8) is 0 Å². The van der Waals surface area contributed by atoms with Gasteiger partial charge in [-0.1, -0.05) is 95.6 Å². The largest absolute Gasteiger partial charge is 0.384 e. The van der Waals surface area contributed by atoms with Gasteiger partial charge in [0.05, 0.1) is 5.71 Å². The Hall–Kier alpha value is -2.13. The van der Waals surface area contributed by atoms with Gasteiger partial charge in [-0.05, 0) is 29.3 Å². The molecular formula is C22H22BrNO. The third-order valence-electron chi connectivity index (χ3n) is 4.43. The maximum absolute atomic E-state index is 5.85. The fourth-order valence-electron chi connectivity index (χ4n) is 3.14. The first-order chi connectivity index (χ1) is 12.2. The van der Waals surface area contributed by atoms with Crippen LogP contribution < -0.4 is 0 Å². The second-order valence-electron chi connectivity index (χ2n) is 6.04. The second-order valence-corrected chi connectivity index (χ2v) is 6.90. The zero-order chi connectivity index (χ0) is 17.9. The molecule has 0 N–H and O–H groups in total. The maximum atomic E-state index is 5.85. The molecule has 0 aliphatic carbocycles. The van der Waals surface area contributed by atoms with Crippen LogP contribution in [0.15, 0.2) is 76.4 Å². The van der Waals surface area contributed by atoms with E-state index < -0.39 is 5.60 Å². The zero-order valence-electron chi connectivity index (χ0n) is 14.8. The van der Waals surface area contributed by atoms with Crippen molar-refractivity contribution >= 4 is 32.4 Å². The highest BCUT2D eigenvalue weighted by Gasteiger charge is 2.36. The van der Waals surface area contributed by atoms with Gasteiger partial charge in [0.25, 0.3) is 0 Å². The van der Waals surface area contributed by atoms with Crippen LogP contribution in [0.3, 0.4) is 0 Å². The van der Waals surface area contributed by atoms with E-state index in [0.717, 1.165) is 27.7 Å². The van der Waals surface area contributed by atoms with E-state index in [2.05, 4.69) is 76.5 Å². The number of benzene rings is 3.